The van der Waals surface area contributed by atoms with E-state index in [4.69, 9.17) is 0 Å². The van der Waals surface area contributed by atoms with Crippen LogP contribution in [0.5, 0.6) is 0 Å². The van der Waals surface area contributed by atoms with Gasteiger partial charge in [0.05, 0.1) is 11.6 Å². The Bertz CT molecular complexity index is 1020. The van der Waals surface area contributed by atoms with E-state index in [1.807, 2.05) is 0 Å². The van der Waals surface area contributed by atoms with Gasteiger partial charge < -0.3 is 0 Å². The highest BCUT2D eigenvalue weighted by atomic mass is 32.1. The van der Waals surface area contributed by atoms with E-state index in [9.17, 15) is 9.18 Å². The van der Waals surface area contributed by atoms with Gasteiger partial charge in [0.15, 0.2) is 0 Å². The van der Waals surface area contributed by atoms with Crippen LogP contribution in [0.1, 0.15) is 34.7 Å². The van der Waals surface area contributed by atoms with Gasteiger partial charge in [0.25, 0.3) is 5.56 Å². The number of hydrogen-bond donors (Lipinski definition) is 0. The van der Waals surface area contributed by atoms with Gasteiger partial charge in [-0.25, -0.2) is 9.37 Å². The van der Waals surface area contributed by atoms with Crippen molar-refractivity contribution in [3.05, 3.63) is 62.3 Å². The second-order valence-corrected chi connectivity index (χ2v) is 7.02. The van der Waals surface area contributed by atoms with Crippen LogP contribution in [0.3, 0.4) is 0 Å². The van der Waals surface area contributed by atoms with Crippen LogP contribution < -0.4 is 5.56 Å². The van der Waals surface area contributed by atoms with E-state index in [2.05, 4.69) is 10.1 Å². The minimum atomic E-state index is -0.367. The molecule has 6 heteroatoms. The van der Waals surface area contributed by atoms with Crippen LogP contribution >= 0.6 is 11.3 Å². The molecule has 0 unspecified atom stereocenters. The minimum absolute atomic E-state index is 0.163. The number of rotatable bonds is 2. The van der Waals surface area contributed by atoms with Crippen LogP contribution in [-0.2, 0) is 12.8 Å². The number of benzene rings is 1. The second kappa shape index (κ2) is 5.94. The first-order chi connectivity index (χ1) is 11.6. The number of fused-ring (bicyclic) bond motifs is 3. The van der Waals surface area contributed by atoms with Crippen LogP contribution in [-0.4, -0.2) is 15.9 Å². The maximum atomic E-state index is 13.7. The molecule has 0 spiro atoms. The maximum absolute atomic E-state index is 13.7. The maximum Gasteiger partial charge on any atom is 0.283 e. The van der Waals surface area contributed by atoms with Gasteiger partial charge in [-0.05, 0) is 44.2 Å². The molecule has 0 saturated carbocycles. The monoisotopic (exact) mass is 341 g/mol. The molecule has 1 aromatic carbocycles. The first-order valence-electron chi connectivity index (χ1n) is 7.98. The molecule has 0 bridgehead atoms. The van der Waals surface area contributed by atoms with Crippen molar-refractivity contribution in [3.63, 3.8) is 0 Å². The Morgan fingerprint density at radius 2 is 2.08 bits per heavy atom. The van der Waals surface area contributed by atoms with E-state index in [1.54, 1.807) is 36.5 Å². The van der Waals surface area contributed by atoms with E-state index in [1.165, 1.54) is 28.3 Å². The van der Waals surface area contributed by atoms with Crippen molar-refractivity contribution in [2.75, 3.05) is 0 Å². The summed E-state index contributed by atoms with van der Waals surface area (Å²) in [4.78, 5) is 19.5. The molecule has 0 fully saturated rings. The first-order valence-corrected chi connectivity index (χ1v) is 8.79. The van der Waals surface area contributed by atoms with Gasteiger partial charge in [-0.15, -0.1) is 11.3 Å². The Hall–Kier alpha value is -2.34. The summed E-state index contributed by atoms with van der Waals surface area (Å²) in [5, 5.41) is 4.88. The van der Waals surface area contributed by atoms with Gasteiger partial charge in [-0.1, -0.05) is 18.2 Å². The van der Waals surface area contributed by atoms with Crippen LogP contribution in [0.4, 0.5) is 4.39 Å². The lowest BCUT2D eigenvalue weighted by molar-refractivity contribution is 0.625. The lowest BCUT2D eigenvalue weighted by atomic mass is 9.97. The van der Waals surface area contributed by atoms with Crippen molar-refractivity contribution >= 4 is 27.8 Å². The second-order valence-electron chi connectivity index (χ2n) is 5.93. The summed E-state index contributed by atoms with van der Waals surface area (Å²) in [7, 11) is 0. The Morgan fingerprint density at radius 3 is 2.92 bits per heavy atom. The molecule has 0 atom stereocenters. The normalized spacial score (nSPS) is 14.4. The first kappa shape index (κ1) is 15.2. The molecule has 0 radical (unpaired) electrons. The molecule has 4 nitrogen and oxygen atoms in total. The number of halogens is 1. The van der Waals surface area contributed by atoms with Crippen LogP contribution in [0, 0.1) is 12.7 Å². The topological polar surface area (TPSA) is 47.2 Å². The number of nitrogens with zero attached hydrogens (tertiary/aromatic N) is 3. The van der Waals surface area contributed by atoms with Gasteiger partial charge in [0.1, 0.15) is 16.5 Å². The highest BCUT2D eigenvalue weighted by molar-refractivity contribution is 7.18. The quantitative estimate of drug-likeness (QED) is 0.668. The smallest absolute Gasteiger partial charge is 0.267 e. The predicted octanol–water partition coefficient (Wildman–Crippen LogP) is 3.67. The average molecular weight is 341 g/mol. The Balaban J connectivity index is 1.87. The van der Waals surface area contributed by atoms with Gasteiger partial charge >= 0.3 is 0 Å². The number of thiophene rings is 1. The third-order valence-corrected chi connectivity index (χ3v) is 5.53. The van der Waals surface area contributed by atoms with Crippen LogP contribution in [0.15, 0.2) is 34.2 Å². The van der Waals surface area contributed by atoms with Gasteiger partial charge in [0, 0.05) is 10.4 Å². The molecule has 0 amide bonds. The van der Waals surface area contributed by atoms with Crippen molar-refractivity contribution in [2.45, 2.75) is 32.6 Å². The fourth-order valence-corrected chi connectivity index (χ4v) is 4.43. The zero-order valence-electron chi connectivity index (χ0n) is 13.3. The standard InChI is InChI=1S/C18H16FN3OS/c1-11-21-17-16(13-7-3-5-9-15(13)24-17)18(23)22(11)20-10-12-6-2-4-8-14(12)19/h2,4,6,8,10H,3,5,7,9H2,1H3. The molecule has 2 heterocycles. The molecule has 4 rings (SSSR count). The minimum Gasteiger partial charge on any atom is -0.267 e. The lowest BCUT2D eigenvalue weighted by Gasteiger charge is -2.10. The molecule has 122 valence electrons. The van der Waals surface area contributed by atoms with Crippen LogP contribution in [0.2, 0.25) is 0 Å². The van der Waals surface area contributed by atoms with Crippen molar-refractivity contribution in [1.82, 2.24) is 9.66 Å². The molecule has 0 aliphatic heterocycles. The van der Waals surface area contributed by atoms with Gasteiger partial charge in [-0.2, -0.15) is 9.78 Å². The molecule has 0 saturated heterocycles. The molecular weight excluding hydrogens is 325 g/mol. The Labute approximate surface area is 142 Å². The van der Waals surface area contributed by atoms with E-state index in [0.717, 1.165) is 29.7 Å². The summed E-state index contributed by atoms with van der Waals surface area (Å²) in [6, 6.07) is 6.34. The van der Waals surface area contributed by atoms with Gasteiger partial charge in [0.2, 0.25) is 0 Å². The molecule has 3 aromatic rings. The molecule has 0 N–H and O–H groups in total. The number of aromatic nitrogens is 2. The summed E-state index contributed by atoms with van der Waals surface area (Å²) in [5.74, 6) is 0.146. The molecule has 1 aliphatic carbocycles. The SMILES string of the molecule is Cc1nc2sc3c(c2c(=O)n1N=Cc1ccccc1F)CCCC3. The number of hydrogen-bond acceptors (Lipinski definition) is 4. The lowest BCUT2D eigenvalue weighted by Crippen LogP contribution is -2.21. The Morgan fingerprint density at radius 1 is 1.29 bits per heavy atom. The third-order valence-electron chi connectivity index (χ3n) is 4.35. The summed E-state index contributed by atoms with van der Waals surface area (Å²) >= 11 is 1.62. The van der Waals surface area contributed by atoms with Crippen molar-refractivity contribution in [1.29, 1.82) is 0 Å². The average Bonchev–Trinajstić information content (AvgIpc) is 2.94. The Kier molecular flexibility index (Phi) is 3.76. The van der Waals surface area contributed by atoms with Crippen molar-refractivity contribution < 1.29 is 4.39 Å². The molecule has 24 heavy (non-hydrogen) atoms. The zero-order valence-corrected chi connectivity index (χ0v) is 14.1. The fourth-order valence-electron chi connectivity index (χ4n) is 3.13. The van der Waals surface area contributed by atoms with E-state index in [0.29, 0.717) is 16.8 Å². The fraction of sp³-hybridized carbons (Fsp3) is 0.278. The van der Waals surface area contributed by atoms with E-state index >= 15 is 0 Å². The largest absolute Gasteiger partial charge is 0.283 e. The summed E-state index contributed by atoms with van der Waals surface area (Å²) in [5.41, 5.74) is 1.31. The molecule has 2 aromatic heterocycles. The highest BCUT2D eigenvalue weighted by Gasteiger charge is 2.21. The summed E-state index contributed by atoms with van der Waals surface area (Å²) in [6.07, 6.45) is 5.58. The van der Waals surface area contributed by atoms with Crippen LogP contribution in [0.25, 0.3) is 10.2 Å². The van der Waals surface area contributed by atoms with Crippen molar-refractivity contribution in [2.24, 2.45) is 5.10 Å². The van der Waals surface area contributed by atoms with E-state index in [-0.39, 0.29) is 11.4 Å². The molecule has 1 aliphatic rings. The summed E-state index contributed by atoms with van der Waals surface area (Å²) < 4.78 is 15.0. The summed E-state index contributed by atoms with van der Waals surface area (Å²) in [6.45, 7) is 1.75. The van der Waals surface area contributed by atoms with Gasteiger partial charge in [-0.3, -0.25) is 4.79 Å². The predicted molar refractivity (Wildman–Crippen MR) is 94.7 cm³/mol. The third kappa shape index (κ3) is 2.47. The van der Waals surface area contributed by atoms with E-state index < -0.39 is 0 Å². The number of aryl methyl sites for hydroxylation is 3. The highest BCUT2D eigenvalue weighted by Crippen LogP contribution is 2.33. The van der Waals surface area contributed by atoms with Crippen molar-refractivity contribution in [3.8, 4) is 0 Å². The molecular formula is C18H16FN3OS. The zero-order chi connectivity index (χ0) is 16.7.